The van der Waals surface area contributed by atoms with E-state index in [0.29, 0.717) is 28.0 Å². The molecule has 4 rings (SSSR count). The minimum atomic E-state index is -1.33. The van der Waals surface area contributed by atoms with Crippen molar-refractivity contribution < 1.29 is 32.5 Å². The van der Waals surface area contributed by atoms with Crippen LogP contribution in [0.25, 0.3) is 22.3 Å². The van der Waals surface area contributed by atoms with Gasteiger partial charge in [-0.05, 0) is 53.9 Å². The van der Waals surface area contributed by atoms with Crippen LogP contribution in [0.1, 0.15) is 28.9 Å². The van der Waals surface area contributed by atoms with Gasteiger partial charge in [-0.25, -0.2) is 18.0 Å². The highest BCUT2D eigenvalue weighted by Crippen LogP contribution is 2.30. The van der Waals surface area contributed by atoms with Gasteiger partial charge in [0.05, 0.1) is 11.7 Å². The average Bonchev–Trinajstić information content (AvgIpc) is 2.89. The first-order chi connectivity index (χ1) is 17.8. The number of esters is 1. The van der Waals surface area contributed by atoms with Gasteiger partial charge >= 0.3 is 5.97 Å². The van der Waals surface area contributed by atoms with E-state index in [1.54, 1.807) is 61.5 Å². The summed E-state index contributed by atoms with van der Waals surface area (Å²) < 4.78 is 54.6. The molecule has 0 aliphatic carbocycles. The van der Waals surface area contributed by atoms with Crippen LogP contribution >= 0.6 is 0 Å². The molecule has 7 heteroatoms. The van der Waals surface area contributed by atoms with Crippen LogP contribution in [0, 0.1) is 17.5 Å². The number of aliphatic hydroxyl groups excluding tert-OH is 1. The molecule has 4 aromatic carbocycles. The fourth-order valence-electron chi connectivity index (χ4n) is 3.71. The largest absolute Gasteiger partial charge is 0.489 e. The first-order valence-electron chi connectivity index (χ1n) is 11.4. The van der Waals surface area contributed by atoms with E-state index >= 15 is 0 Å². The minimum absolute atomic E-state index is 0.0292. The molecule has 4 nitrogen and oxygen atoms in total. The fraction of sp³-hybridized carbons (Fsp3) is 0.100. The van der Waals surface area contributed by atoms with Crippen molar-refractivity contribution in [2.24, 2.45) is 0 Å². The Hall–Kier alpha value is -4.36. The quantitative estimate of drug-likeness (QED) is 0.156. The summed E-state index contributed by atoms with van der Waals surface area (Å²) in [6.45, 7) is 5.39. The number of ether oxygens (including phenoxy) is 2. The summed E-state index contributed by atoms with van der Waals surface area (Å²) >= 11 is 0. The number of carbonyl (C=O) groups excluding carboxylic acids is 1. The third-order valence-electron chi connectivity index (χ3n) is 5.69. The van der Waals surface area contributed by atoms with Gasteiger partial charge in [0.15, 0.2) is 11.6 Å². The zero-order valence-electron chi connectivity index (χ0n) is 19.9. The average molecular weight is 505 g/mol. The number of hydrogen-bond donors (Lipinski definition) is 1. The Morgan fingerprint density at radius 3 is 2.08 bits per heavy atom. The van der Waals surface area contributed by atoms with Gasteiger partial charge in [-0.15, -0.1) is 0 Å². The summed E-state index contributed by atoms with van der Waals surface area (Å²) in [6, 6.07) is 19.2. The molecular formula is C30H23F3O4. The van der Waals surface area contributed by atoms with Crippen molar-refractivity contribution >= 4 is 5.97 Å². The van der Waals surface area contributed by atoms with Gasteiger partial charge in [0.1, 0.15) is 23.9 Å². The van der Waals surface area contributed by atoms with Crippen molar-refractivity contribution in [3.05, 3.63) is 120 Å². The van der Waals surface area contributed by atoms with Crippen molar-refractivity contribution in [2.45, 2.75) is 13.0 Å². The van der Waals surface area contributed by atoms with Crippen LogP contribution in [0.2, 0.25) is 0 Å². The van der Waals surface area contributed by atoms with E-state index in [1.165, 1.54) is 24.3 Å². The Labute approximate surface area is 212 Å². The number of aliphatic hydroxyl groups is 1. The lowest BCUT2D eigenvalue weighted by atomic mass is 10.00. The van der Waals surface area contributed by atoms with Crippen LogP contribution in [0.3, 0.4) is 0 Å². The standard InChI is InChI=1S/C30H23F3O4/c1-3-16-36-23-12-13-24(27(31)17-23)20-8-10-22(11-9-20)37-30(35)26-15-14-25(28(32)29(26)33)21-6-4-19(5-7-21)18(2)34/h3-15,17-18,34H,1,16H2,2H3. The lowest BCUT2D eigenvalue weighted by molar-refractivity contribution is 0.0728. The molecule has 188 valence electrons. The van der Waals surface area contributed by atoms with Crippen LogP contribution in [0.15, 0.2) is 91.5 Å². The number of carbonyl (C=O) groups is 1. The molecule has 0 aliphatic heterocycles. The SMILES string of the molecule is C=CCOc1ccc(-c2ccc(OC(=O)c3ccc(-c4ccc(C(C)O)cc4)c(F)c3F)cc2)c(F)c1. The van der Waals surface area contributed by atoms with Crippen molar-refractivity contribution in [3.63, 3.8) is 0 Å². The minimum Gasteiger partial charge on any atom is -0.489 e. The molecule has 0 aliphatic rings. The van der Waals surface area contributed by atoms with Crippen LogP contribution in [0.5, 0.6) is 11.5 Å². The van der Waals surface area contributed by atoms with Gasteiger partial charge in [0.2, 0.25) is 0 Å². The molecular weight excluding hydrogens is 481 g/mol. The monoisotopic (exact) mass is 504 g/mol. The fourth-order valence-corrected chi connectivity index (χ4v) is 3.71. The summed E-state index contributed by atoms with van der Waals surface area (Å²) in [7, 11) is 0. The zero-order chi connectivity index (χ0) is 26.5. The normalized spacial score (nSPS) is 11.6. The van der Waals surface area contributed by atoms with E-state index < -0.39 is 35.1 Å². The van der Waals surface area contributed by atoms with Gasteiger partial charge in [-0.1, -0.05) is 55.1 Å². The molecule has 0 saturated carbocycles. The van der Waals surface area contributed by atoms with Gasteiger partial charge < -0.3 is 14.6 Å². The predicted octanol–water partition coefficient (Wildman–Crippen LogP) is 7.28. The number of hydrogen-bond acceptors (Lipinski definition) is 4. The molecule has 1 atom stereocenters. The van der Waals surface area contributed by atoms with E-state index in [-0.39, 0.29) is 17.9 Å². The molecule has 0 fully saturated rings. The lowest BCUT2D eigenvalue weighted by Gasteiger charge is -2.11. The number of rotatable bonds is 8. The van der Waals surface area contributed by atoms with Crippen LogP contribution in [-0.2, 0) is 0 Å². The molecule has 0 spiro atoms. The molecule has 0 saturated heterocycles. The Balaban J connectivity index is 1.49. The van der Waals surface area contributed by atoms with Crippen molar-refractivity contribution in [1.29, 1.82) is 0 Å². The summed E-state index contributed by atoms with van der Waals surface area (Å²) in [5.41, 5.74) is 1.27. The predicted molar refractivity (Wildman–Crippen MR) is 135 cm³/mol. The first-order valence-corrected chi connectivity index (χ1v) is 11.4. The highest BCUT2D eigenvalue weighted by atomic mass is 19.2. The molecule has 0 aromatic heterocycles. The second-order valence-corrected chi connectivity index (χ2v) is 8.24. The molecule has 0 radical (unpaired) electrons. The Morgan fingerprint density at radius 1 is 0.865 bits per heavy atom. The van der Waals surface area contributed by atoms with Crippen LogP contribution in [0.4, 0.5) is 13.2 Å². The van der Waals surface area contributed by atoms with E-state index in [4.69, 9.17) is 9.47 Å². The number of halogens is 3. The Kier molecular flexibility index (Phi) is 7.74. The Bertz CT molecular complexity index is 1430. The zero-order valence-corrected chi connectivity index (χ0v) is 19.9. The highest BCUT2D eigenvalue weighted by molar-refractivity contribution is 5.92. The summed E-state index contributed by atoms with van der Waals surface area (Å²) in [5, 5.41) is 9.61. The van der Waals surface area contributed by atoms with E-state index in [2.05, 4.69) is 6.58 Å². The third-order valence-corrected chi connectivity index (χ3v) is 5.69. The maximum atomic E-state index is 14.8. The van der Waals surface area contributed by atoms with Crippen LogP contribution < -0.4 is 9.47 Å². The van der Waals surface area contributed by atoms with E-state index in [1.807, 2.05) is 0 Å². The number of benzene rings is 4. The van der Waals surface area contributed by atoms with Gasteiger partial charge in [-0.3, -0.25) is 0 Å². The summed E-state index contributed by atoms with van der Waals surface area (Å²) in [5.74, 6) is -3.65. The first kappa shape index (κ1) is 25.7. The van der Waals surface area contributed by atoms with Crippen molar-refractivity contribution in [2.75, 3.05) is 6.61 Å². The molecule has 4 aromatic rings. The molecule has 1 N–H and O–H groups in total. The smallest absolute Gasteiger partial charge is 0.346 e. The highest BCUT2D eigenvalue weighted by Gasteiger charge is 2.21. The summed E-state index contributed by atoms with van der Waals surface area (Å²) in [6.07, 6.45) is 0.863. The second kappa shape index (κ2) is 11.1. The molecule has 0 bridgehead atoms. The maximum absolute atomic E-state index is 14.8. The van der Waals surface area contributed by atoms with E-state index in [9.17, 15) is 23.1 Å². The van der Waals surface area contributed by atoms with Crippen molar-refractivity contribution in [1.82, 2.24) is 0 Å². The van der Waals surface area contributed by atoms with Gasteiger partial charge in [0.25, 0.3) is 0 Å². The van der Waals surface area contributed by atoms with Crippen LogP contribution in [-0.4, -0.2) is 17.7 Å². The van der Waals surface area contributed by atoms with E-state index in [0.717, 1.165) is 6.07 Å². The molecule has 0 amide bonds. The van der Waals surface area contributed by atoms with Gasteiger partial charge in [0, 0.05) is 17.2 Å². The summed E-state index contributed by atoms with van der Waals surface area (Å²) in [4.78, 5) is 12.5. The maximum Gasteiger partial charge on any atom is 0.346 e. The molecule has 37 heavy (non-hydrogen) atoms. The topological polar surface area (TPSA) is 55.8 Å². The molecule has 1 unspecified atom stereocenters. The lowest BCUT2D eigenvalue weighted by Crippen LogP contribution is -2.12. The van der Waals surface area contributed by atoms with Gasteiger partial charge in [-0.2, -0.15) is 0 Å². The Morgan fingerprint density at radius 2 is 1.46 bits per heavy atom. The second-order valence-electron chi connectivity index (χ2n) is 8.24. The van der Waals surface area contributed by atoms with Crippen molar-refractivity contribution in [3.8, 4) is 33.8 Å². The molecule has 0 heterocycles. The third kappa shape index (κ3) is 5.73.